The van der Waals surface area contributed by atoms with Gasteiger partial charge in [0.25, 0.3) is 0 Å². The van der Waals surface area contributed by atoms with Crippen molar-refractivity contribution in [2.45, 2.75) is 59.5 Å². The van der Waals surface area contributed by atoms with Crippen molar-refractivity contribution in [1.29, 1.82) is 0 Å². The van der Waals surface area contributed by atoms with Crippen LogP contribution < -0.4 is 0 Å². The summed E-state index contributed by atoms with van der Waals surface area (Å²) in [6, 6.07) is 0. The highest BCUT2D eigenvalue weighted by molar-refractivity contribution is 5.76. The van der Waals surface area contributed by atoms with Gasteiger partial charge in [-0.2, -0.15) is 0 Å². The summed E-state index contributed by atoms with van der Waals surface area (Å²) in [5.41, 5.74) is -2.14. The Labute approximate surface area is 104 Å². The van der Waals surface area contributed by atoms with E-state index in [2.05, 4.69) is 13.8 Å². The molecule has 0 spiro atoms. The van der Waals surface area contributed by atoms with E-state index in [4.69, 9.17) is 0 Å². The Hall–Kier alpha value is -0.570. The molecule has 1 aliphatic rings. The van der Waals surface area contributed by atoms with Gasteiger partial charge in [-0.05, 0) is 43.9 Å². The second kappa shape index (κ2) is 4.60. The van der Waals surface area contributed by atoms with Crippen molar-refractivity contribution in [3.63, 3.8) is 0 Å². The first-order chi connectivity index (χ1) is 7.63. The molecule has 0 aromatic heterocycles. The molecule has 1 aliphatic carbocycles. The molecule has 0 heterocycles. The number of aliphatic hydroxyl groups is 1. The topological polar surface area (TPSA) is 57.5 Å². The lowest BCUT2D eigenvalue weighted by molar-refractivity contribution is -0.185. The molecule has 0 saturated heterocycles. The summed E-state index contributed by atoms with van der Waals surface area (Å²) < 4.78 is 0. The van der Waals surface area contributed by atoms with Gasteiger partial charge < -0.3 is 10.2 Å². The smallest absolute Gasteiger partial charge is 0.312 e. The van der Waals surface area contributed by atoms with E-state index in [-0.39, 0.29) is 5.92 Å². The Bertz CT molecular complexity index is 288. The quantitative estimate of drug-likeness (QED) is 0.800. The summed E-state index contributed by atoms with van der Waals surface area (Å²) in [5.74, 6) is -0.179. The minimum atomic E-state index is -1.08. The van der Waals surface area contributed by atoms with E-state index >= 15 is 0 Å². The number of carboxylic acids is 1. The first-order valence-electron chi connectivity index (χ1n) is 6.59. The third kappa shape index (κ3) is 2.35. The minimum Gasteiger partial charge on any atom is -0.481 e. The zero-order chi connectivity index (χ0) is 13.4. The molecular formula is C14H26O3. The molecule has 0 aromatic rings. The van der Waals surface area contributed by atoms with Crippen LogP contribution in [0.4, 0.5) is 0 Å². The lowest BCUT2D eigenvalue weighted by Crippen LogP contribution is -2.57. The average Bonchev–Trinajstić information content (AvgIpc) is 2.12. The number of carboxylic acid groups (broad SMARTS) is 1. The van der Waals surface area contributed by atoms with Crippen LogP contribution in [-0.2, 0) is 4.79 Å². The molecule has 0 aliphatic heterocycles. The van der Waals surface area contributed by atoms with Crippen LogP contribution in [0, 0.1) is 23.2 Å². The van der Waals surface area contributed by atoms with Gasteiger partial charge in [0, 0.05) is 0 Å². The molecule has 0 radical (unpaired) electrons. The number of hydrogen-bond donors (Lipinski definition) is 2. The normalized spacial score (nSPS) is 37.8. The fourth-order valence-corrected chi connectivity index (χ4v) is 3.50. The maximum Gasteiger partial charge on any atom is 0.312 e. The summed E-state index contributed by atoms with van der Waals surface area (Å²) in [5, 5.41) is 20.4. The number of hydrogen-bond acceptors (Lipinski definition) is 2. The van der Waals surface area contributed by atoms with E-state index in [0.29, 0.717) is 24.7 Å². The van der Waals surface area contributed by atoms with Crippen LogP contribution in [0.25, 0.3) is 0 Å². The van der Waals surface area contributed by atoms with Crippen LogP contribution >= 0.6 is 0 Å². The molecule has 100 valence electrons. The molecular weight excluding hydrogens is 216 g/mol. The van der Waals surface area contributed by atoms with E-state index in [1.54, 1.807) is 6.92 Å². The molecule has 1 saturated carbocycles. The Morgan fingerprint density at radius 3 is 2.00 bits per heavy atom. The molecule has 2 N–H and O–H groups in total. The second-order valence-corrected chi connectivity index (χ2v) is 6.55. The van der Waals surface area contributed by atoms with Crippen LogP contribution in [0.15, 0.2) is 0 Å². The lowest BCUT2D eigenvalue weighted by atomic mass is 9.57. The fraction of sp³-hybridized carbons (Fsp3) is 0.929. The van der Waals surface area contributed by atoms with Gasteiger partial charge >= 0.3 is 5.97 Å². The summed E-state index contributed by atoms with van der Waals surface area (Å²) in [7, 11) is 0. The first-order valence-corrected chi connectivity index (χ1v) is 6.59. The van der Waals surface area contributed by atoms with Gasteiger partial charge in [0.1, 0.15) is 0 Å². The van der Waals surface area contributed by atoms with Crippen LogP contribution in [-0.4, -0.2) is 21.8 Å². The highest BCUT2D eigenvalue weighted by Crippen LogP contribution is 2.50. The van der Waals surface area contributed by atoms with Gasteiger partial charge in [-0.25, -0.2) is 0 Å². The molecule has 0 bridgehead atoms. The summed E-state index contributed by atoms with van der Waals surface area (Å²) in [6.45, 7) is 9.67. The highest BCUT2D eigenvalue weighted by Gasteiger charge is 2.56. The van der Waals surface area contributed by atoms with E-state index in [0.717, 1.165) is 6.42 Å². The summed E-state index contributed by atoms with van der Waals surface area (Å²) in [4.78, 5) is 11.6. The van der Waals surface area contributed by atoms with Gasteiger partial charge in [0.15, 0.2) is 0 Å². The Kier molecular flexibility index (Phi) is 3.92. The van der Waals surface area contributed by atoms with E-state index in [9.17, 15) is 15.0 Å². The number of rotatable bonds is 3. The van der Waals surface area contributed by atoms with Gasteiger partial charge in [0.05, 0.1) is 11.0 Å². The van der Waals surface area contributed by atoms with Crippen LogP contribution in [0.5, 0.6) is 0 Å². The molecule has 3 heteroatoms. The van der Waals surface area contributed by atoms with E-state index in [1.165, 1.54) is 0 Å². The average molecular weight is 242 g/mol. The van der Waals surface area contributed by atoms with Crippen LogP contribution in [0.1, 0.15) is 53.9 Å². The molecule has 3 unspecified atom stereocenters. The molecule has 3 atom stereocenters. The Morgan fingerprint density at radius 1 is 1.29 bits per heavy atom. The van der Waals surface area contributed by atoms with Crippen molar-refractivity contribution in [1.82, 2.24) is 0 Å². The largest absolute Gasteiger partial charge is 0.481 e. The molecule has 0 aromatic carbocycles. The minimum absolute atomic E-state index is 0.0810. The van der Waals surface area contributed by atoms with E-state index in [1.807, 2.05) is 13.8 Å². The van der Waals surface area contributed by atoms with Gasteiger partial charge in [0.2, 0.25) is 0 Å². The molecule has 1 fully saturated rings. The number of aliphatic carboxylic acids is 1. The van der Waals surface area contributed by atoms with E-state index < -0.39 is 17.0 Å². The molecule has 0 amide bonds. The second-order valence-electron chi connectivity index (χ2n) is 6.55. The van der Waals surface area contributed by atoms with Crippen molar-refractivity contribution < 1.29 is 15.0 Å². The van der Waals surface area contributed by atoms with Crippen molar-refractivity contribution in [2.24, 2.45) is 23.2 Å². The standard InChI is InChI=1S/C14H26O3/c1-9(2)13(5,12(15)16)14(17)7-10(3)6-11(4)8-14/h9-11,17H,6-8H2,1-5H3,(H,15,16). The SMILES string of the molecule is CC1CC(C)CC(O)(C(C)(C(=O)O)C(C)C)C1. The van der Waals surface area contributed by atoms with Crippen molar-refractivity contribution in [2.75, 3.05) is 0 Å². The van der Waals surface area contributed by atoms with Crippen molar-refractivity contribution >= 4 is 5.97 Å². The lowest BCUT2D eigenvalue weighted by Gasteiger charge is -2.50. The van der Waals surface area contributed by atoms with Crippen LogP contribution in [0.3, 0.4) is 0 Å². The summed E-state index contributed by atoms with van der Waals surface area (Å²) >= 11 is 0. The van der Waals surface area contributed by atoms with Gasteiger partial charge in [-0.15, -0.1) is 0 Å². The maximum atomic E-state index is 11.6. The molecule has 1 rings (SSSR count). The van der Waals surface area contributed by atoms with Gasteiger partial charge in [-0.3, -0.25) is 4.79 Å². The molecule has 17 heavy (non-hydrogen) atoms. The Balaban J connectivity index is 3.12. The maximum absolute atomic E-state index is 11.6. The van der Waals surface area contributed by atoms with Crippen molar-refractivity contribution in [3.05, 3.63) is 0 Å². The predicted octanol–water partition coefficient (Wildman–Crippen LogP) is 2.92. The third-order valence-corrected chi connectivity index (χ3v) is 4.74. The monoisotopic (exact) mass is 242 g/mol. The Morgan fingerprint density at radius 2 is 1.71 bits per heavy atom. The van der Waals surface area contributed by atoms with Crippen molar-refractivity contribution in [3.8, 4) is 0 Å². The number of carbonyl (C=O) groups is 1. The first kappa shape index (κ1) is 14.5. The fourth-order valence-electron chi connectivity index (χ4n) is 3.50. The highest BCUT2D eigenvalue weighted by atomic mass is 16.4. The van der Waals surface area contributed by atoms with Crippen LogP contribution in [0.2, 0.25) is 0 Å². The zero-order valence-electron chi connectivity index (χ0n) is 11.7. The molecule has 3 nitrogen and oxygen atoms in total. The predicted molar refractivity (Wildman–Crippen MR) is 67.7 cm³/mol. The summed E-state index contributed by atoms with van der Waals surface area (Å²) in [6.07, 6.45) is 2.27. The zero-order valence-corrected chi connectivity index (χ0v) is 11.7. The third-order valence-electron chi connectivity index (χ3n) is 4.74. The van der Waals surface area contributed by atoms with Gasteiger partial charge in [-0.1, -0.05) is 27.7 Å².